The van der Waals surface area contributed by atoms with Crippen LogP contribution in [0.2, 0.25) is 0 Å². The van der Waals surface area contributed by atoms with Gasteiger partial charge in [-0.3, -0.25) is 13.9 Å². The molecule has 1 saturated carbocycles. The molecule has 0 unspecified atom stereocenters. The molecule has 0 radical (unpaired) electrons. The second-order valence-electron chi connectivity index (χ2n) is 7.65. The standard InChI is InChI=1S/C21H20FN3O4S/c22-13-7-8-16-14(11-13)19(26)18(21(27)25(16)10-9-12-5-6-12)20-23-15-3-1-2-4-17(15)30(28,29)24-20/h1-4,7-8,11-12,26,28-29H,5-6,9-10H2,(H,23,24). The first-order valence-corrected chi connectivity index (χ1v) is 11.1. The largest absolute Gasteiger partial charge is 0.506 e. The average Bonchev–Trinajstić information content (AvgIpc) is 3.52. The van der Waals surface area contributed by atoms with Crippen molar-refractivity contribution in [2.75, 3.05) is 5.32 Å². The van der Waals surface area contributed by atoms with E-state index in [4.69, 9.17) is 0 Å². The van der Waals surface area contributed by atoms with Crippen molar-refractivity contribution in [1.29, 1.82) is 0 Å². The van der Waals surface area contributed by atoms with Gasteiger partial charge < -0.3 is 15.0 Å². The maximum absolute atomic E-state index is 13.9. The van der Waals surface area contributed by atoms with E-state index in [2.05, 4.69) is 9.71 Å². The molecule has 30 heavy (non-hydrogen) atoms. The Hall–Kier alpha value is -2.88. The fraction of sp³-hybridized carbons (Fsp3) is 0.238. The minimum Gasteiger partial charge on any atom is -0.506 e. The van der Waals surface area contributed by atoms with Crippen LogP contribution in [0.1, 0.15) is 24.8 Å². The molecular weight excluding hydrogens is 409 g/mol. The summed E-state index contributed by atoms with van der Waals surface area (Å²) in [5, 5.41) is 14.0. The van der Waals surface area contributed by atoms with Gasteiger partial charge in [-0.05, 0) is 42.7 Å². The molecule has 2 heterocycles. The number of rotatable bonds is 4. The van der Waals surface area contributed by atoms with Crippen LogP contribution in [0, 0.1) is 11.7 Å². The Morgan fingerprint density at radius 1 is 1.20 bits per heavy atom. The molecule has 1 aromatic heterocycles. The van der Waals surface area contributed by atoms with E-state index < -0.39 is 27.9 Å². The Kier molecular flexibility index (Phi) is 4.35. The number of hydrogen-bond donors (Lipinski definition) is 4. The Bertz CT molecular complexity index is 1270. The van der Waals surface area contributed by atoms with Crippen LogP contribution in [0.25, 0.3) is 10.9 Å². The second-order valence-corrected chi connectivity index (χ2v) is 9.31. The number of nitrogens with zero attached hydrogens (tertiary/aromatic N) is 2. The number of benzene rings is 2. The molecule has 0 bridgehead atoms. The van der Waals surface area contributed by atoms with Crippen LogP contribution in [-0.4, -0.2) is 24.6 Å². The summed E-state index contributed by atoms with van der Waals surface area (Å²) in [4.78, 5) is 13.6. The number of aromatic nitrogens is 1. The minimum atomic E-state index is -3.57. The van der Waals surface area contributed by atoms with E-state index in [0.717, 1.165) is 25.3 Å². The number of aromatic hydroxyl groups is 1. The average molecular weight is 429 g/mol. The molecule has 4 N–H and O–H groups in total. The molecule has 1 aliphatic carbocycles. The van der Waals surface area contributed by atoms with Crippen LogP contribution in [0.15, 0.2) is 56.6 Å². The van der Waals surface area contributed by atoms with E-state index in [1.165, 1.54) is 22.8 Å². The lowest BCUT2D eigenvalue weighted by molar-refractivity contribution is 0.475. The highest BCUT2D eigenvalue weighted by atomic mass is 32.3. The summed E-state index contributed by atoms with van der Waals surface area (Å²) in [5.74, 6) is -0.585. The summed E-state index contributed by atoms with van der Waals surface area (Å²) in [6, 6.07) is 10.4. The second kappa shape index (κ2) is 6.83. The van der Waals surface area contributed by atoms with Gasteiger partial charge in [0.25, 0.3) is 5.56 Å². The van der Waals surface area contributed by atoms with E-state index in [9.17, 15) is 23.4 Å². The number of fused-ring (bicyclic) bond motifs is 2. The number of para-hydroxylation sites is 1. The van der Waals surface area contributed by atoms with E-state index >= 15 is 0 Å². The van der Waals surface area contributed by atoms with Crippen LogP contribution in [0.4, 0.5) is 10.1 Å². The molecule has 5 rings (SSSR count). The van der Waals surface area contributed by atoms with Gasteiger partial charge in [0, 0.05) is 11.9 Å². The Morgan fingerprint density at radius 2 is 1.97 bits per heavy atom. The van der Waals surface area contributed by atoms with Gasteiger partial charge in [0.1, 0.15) is 22.0 Å². The third-order valence-electron chi connectivity index (χ3n) is 5.55. The van der Waals surface area contributed by atoms with Crippen molar-refractivity contribution in [3.8, 4) is 5.75 Å². The van der Waals surface area contributed by atoms with Crippen LogP contribution < -0.4 is 10.9 Å². The fourth-order valence-electron chi connectivity index (χ4n) is 3.81. The third kappa shape index (κ3) is 3.15. The van der Waals surface area contributed by atoms with Crippen molar-refractivity contribution in [3.05, 3.63) is 64.2 Å². The quantitative estimate of drug-likeness (QED) is 0.487. The summed E-state index contributed by atoms with van der Waals surface area (Å²) < 4.78 is 40.4. The van der Waals surface area contributed by atoms with Gasteiger partial charge in [-0.25, -0.2) is 4.39 Å². The first-order valence-electron chi connectivity index (χ1n) is 9.65. The molecule has 1 aliphatic heterocycles. The van der Waals surface area contributed by atoms with Crippen LogP contribution in [0.3, 0.4) is 0 Å². The predicted molar refractivity (Wildman–Crippen MR) is 115 cm³/mol. The summed E-state index contributed by atoms with van der Waals surface area (Å²) in [7, 11) is -3.57. The number of aryl methyl sites for hydroxylation is 1. The Labute approximate surface area is 173 Å². The van der Waals surface area contributed by atoms with Crippen LogP contribution in [-0.2, 0) is 6.54 Å². The maximum atomic E-state index is 13.9. The molecule has 1 fully saturated rings. The lowest BCUT2D eigenvalue weighted by Gasteiger charge is -2.34. The Balaban J connectivity index is 1.73. The topological polar surface area (TPSA) is 107 Å². The van der Waals surface area contributed by atoms with Gasteiger partial charge in [-0.2, -0.15) is 0 Å². The number of nitrogens with one attached hydrogen (secondary N) is 1. The molecule has 0 amide bonds. The Morgan fingerprint density at radius 3 is 2.73 bits per heavy atom. The van der Waals surface area contributed by atoms with E-state index in [1.54, 1.807) is 18.2 Å². The van der Waals surface area contributed by atoms with E-state index in [-0.39, 0.29) is 21.7 Å². The molecule has 0 saturated heterocycles. The zero-order valence-corrected chi connectivity index (χ0v) is 16.7. The van der Waals surface area contributed by atoms with E-state index in [1.807, 2.05) is 0 Å². The monoisotopic (exact) mass is 429 g/mol. The highest BCUT2D eigenvalue weighted by molar-refractivity contribution is 8.23. The van der Waals surface area contributed by atoms with Crippen LogP contribution >= 0.6 is 10.8 Å². The lowest BCUT2D eigenvalue weighted by Crippen LogP contribution is -2.32. The number of anilines is 1. The molecule has 2 aromatic carbocycles. The molecule has 7 nitrogen and oxygen atoms in total. The highest BCUT2D eigenvalue weighted by Crippen LogP contribution is 2.55. The maximum Gasteiger partial charge on any atom is 0.265 e. The van der Waals surface area contributed by atoms with Gasteiger partial charge in [-0.15, -0.1) is 4.40 Å². The van der Waals surface area contributed by atoms with Crippen molar-refractivity contribution >= 4 is 33.2 Å². The SMILES string of the molecule is O=c1c(C2=NS(O)(O)c3ccccc3N2)c(O)c2cc(F)ccc2n1CCC1CC1. The van der Waals surface area contributed by atoms with Crippen molar-refractivity contribution in [3.63, 3.8) is 0 Å². The van der Waals surface area contributed by atoms with Crippen molar-refractivity contribution in [2.45, 2.75) is 30.7 Å². The fourth-order valence-corrected chi connectivity index (χ4v) is 4.98. The normalized spacial score (nSPS) is 18.4. The minimum absolute atomic E-state index is 0.150. The molecular formula is C21H20FN3O4S. The molecule has 9 heteroatoms. The van der Waals surface area contributed by atoms with E-state index in [0.29, 0.717) is 23.7 Å². The van der Waals surface area contributed by atoms with Gasteiger partial charge in [0.05, 0.1) is 11.2 Å². The van der Waals surface area contributed by atoms with Gasteiger partial charge in [0.2, 0.25) is 0 Å². The first kappa shape index (κ1) is 19.1. The molecule has 3 aromatic rings. The van der Waals surface area contributed by atoms with Crippen molar-refractivity contribution in [2.24, 2.45) is 10.3 Å². The van der Waals surface area contributed by atoms with Gasteiger partial charge in [-0.1, -0.05) is 35.8 Å². The third-order valence-corrected chi connectivity index (χ3v) is 6.93. The number of halogens is 1. The summed E-state index contributed by atoms with van der Waals surface area (Å²) >= 11 is 0. The summed E-state index contributed by atoms with van der Waals surface area (Å²) in [6.45, 7) is 0.416. The van der Waals surface area contributed by atoms with Gasteiger partial charge >= 0.3 is 0 Å². The van der Waals surface area contributed by atoms with Crippen molar-refractivity contribution in [1.82, 2.24) is 4.57 Å². The zero-order valence-electron chi connectivity index (χ0n) is 15.9. The lowest BCUT2D eigenvalue weighted by atomic mass is 10.1. The highest BCUT2D eigenvalue weighted by Gasteiger charge is 2.30. The summed E-state index contributed by atoms with van der Waals surface area (Å²) in [5.41, 5.74) is 0.0725. The van der Waals surface area contributed by atoms with Crippen molar-refractivity contribution < 1.29 is 18.6 Å². The predicted octanol–water partition coefficient (Wildman–Crippen LogP) is 4.54. The smallest absolute Gasteiger partial charge is 0.265 e. The molecule has 2 aliphatic rings. The first-order chi connectivity index (χ1) is 14.3. The van der Waals surface area contributed by atoms with Gasteiger partial charge in [0.15, 0.2) is 5.84 Å². The number of hydrogen-bond acceptors (Lipinski definition) is 6. The zero-order chi connectivity index (χ0) is 21.0. The molecule has 0 spiro atoms. The number of amidine groups is 1. The molecule has 156 valence electrons. The number of pyridine rings is 1. The summed E-state index contributed by atoms with van der Waals surface area (Å²) in [6.07, 6.45) is 3.05. The van der Waals surface area contributed by atoms with Crippen LogP contribution in [0.5, 0.6) is 5.75 Å². The molecule has 0 atom stereocenters.